The summed E-state index contributed by atoms with van der Waals surface area (Å²) in [5, 5.41) is 9.73. The van der Waals surface area contributed by atoms with Crippen molar-refractivity contribution in [2.75, 3.05) is 0 Å². The fourth-order valence-corrected chi connectivity index (χ4v) is 1.54. The number of rotatable bonds is 1. The van der Waals surface area contributed by atoms with E-state index in [1.807, 2.05) is 13.0 Å². The highest BCUT2D eigenvalue weighted by Crippen LogP contribution is 2.21. The van der Waals surface area contributed by atoms with Crippen molar-refractivity contribution < 1.29 is 5.11 Å². The lowest BCUT2D eigenvalue weighted by atomic mass is 10.2. The van der Waals surface area contributed by atoms with Gasteiger partial charge in [0.15, 0.2) is 5.82 Å². The van der Waals surface area contributed by atoms with Crippen LogP contribution in [0.2, 0.25) is 5.15 Å². The van der Waals surface area contributed by atoms with Gasteiger partial charge in [0, 0.05) is 11.3 Å². The van der Waals surface area contributed by atoms with Crippen LogP contribution in [0.3, 0.4) is 0 Å². The summed E-state index contributed by atoms with van der Waals surface area (Å²) in [6, 6.07) is 8.45. The molecule has 15 heavy (non-hydrogen) atoms. The molecule has 2 rings (SSSR count). The van der Waals surface area contributed by atoms with Crippen LogP contribution in [0.25, 0.3) is 11.4 Å². The number of phenolic OH excluding ortho intramolecular Hbond substituents is 1. The Balaban J connectivity index is 2.54. The number of benzene rings is 1. The van der Waals surface area contributed by atoms with E-state index < -0.39 is 0 Å². The Kier molecular flexibility index (Phi) is 2.56. The highest BCUT2D eigenvalue weighted by Gasteiger charge is 2.04. The Morgan fingerprint density at radius 3 is 2.67 bits per heavy atom. The molecule has 0 bridgehead atoms. The summed E-state index contributed by atoms with van der Waals surface area (Å²) in [5.74, 6) is 0.713. The molecule has 0 atom stereocenters. The van der Waals surface area contributed by atoms with Crippen LogP contribution in [-0.4, -0.2) is 15.1 Å². The first-order valence-corrected chi connectivity index (χ1v) is 4.83. The average molecular weight is 221 g/mol. The van der Waals surface area contributed by atoms with Crippen molar-refractivity contribution in [2.45, 2.75) is 6.92 Å². The van der Waals surface area contributed by atoms with Crippen molar-refractivity contribution in [1.82, 2.24) is 9.97 Å². The van der Waals surface area contributed by atoms with Gasteiger partial charge in [0.05, 0.1) is 0 Å². The first kappa shape index (κ1) is 9.93. The van der Waals surface area contributed by atoms with E-state index in [1.165, 1.54) is 0 Å². The number of phenols is 1. The van der Waals surface area contributed by atoms with E-state index in [0.717, 1.165) is 11.3 Å². The van der Waals surface area contributed by atoms with E-state index >= 15 is 0 Å². The molecule has 1 N–H and O–H groups in total. The quantitative estimate of drug-likeness (QED) is 0.752. The predicted octanol–water partition coefficient (Wildman–Crippen LogP) is 2.81. The molecular formula is C11H9ClN2O. The Morgan fingerprint density at radius 1 is 1.20 bits per heavy atom. The van der Waals surface area contributed by atoms with Crippen molar-refractivity contribution in [1.29, 1.82) is 0 Å². The third-order valence-electron chi connectivity index (χ3n) is 1.93. The van der Waals surface area contributed by atoms with E-state index in [2.05, 4.69) is 9.97 Å². The fourth-order valence-electron chi connectivity index (χ4n) is 1.30. The summed E-state index contributed by atoms with van der Waals surface area (Å²) in [7, 11) is 0. The third kappa shape index (κ3) is 2.25. The molecule has 1 aromatic heterocycles. The maximum absolute atomic E-state index is 9.32. The van der Waals surface area contributed by atoms with Gasteiger partial charge in [-0.15, -0.1) is 0 Å². The van der Waals surface area contributed by atoms with Crippen LogP contribution in [0.1, 0.15) is 5.69 Å². The molecule has 0 aliphatic rings. The van der Waals surface area contributed by atoms with Crippen LogP contribution in [0.15, 0.2) is 30.3 Å². The minimum absolute atomic E-state index is 0.189. The number of hydrogen-bond donors (Lipinski definition) is 1. The summed E-state index contributed by atoms with van der Waals surface area (Å²) >= 11 is 5.83. The molecule has 76 valence electrons. The molecule has 4 heteroatoms. The standard InChI is InChI=1S/C11H9ClN2O/c1-7-5-10(12)14-11(13-7)8-3-2-4-9(15)6-8/h2-6,15H,1H3. The molecule has 0 spiro atoms. The Morgan fingerprint density at radius 2 is 2.00 bits per heavy atom. The molecule has 0 saturated heterocycles. The Labute approximate surface area is 92.4 Å². The number of aromatic hydroxyl groups is 1. The number of halogens is 1. The monoisotopic (exact) mass is 220 g/mol. The lowest BCUT2D eigenvalue weighted by Gasteiger charge is -2.02. The lowest BCUT2D eigenvalue weighted by molar-refractivity contribution is 0.475. The van der Waals surface area contributed by atoms with Crippen LogP contribution >= 0.6 is 11.6 Å². The van der Waals surface area contributed by atoms with Gasteiger partial charge in [-0.1, -0.05) is 23.7 Å². The fraction of sp³-hybridized carbons (Fsp3) is 0.0909. The first-order chi connectivity index (χ1) is 7.15. The topological polar surface area (TPSA) is 46.0 Å². The highest BCUT2D eigenvalue weighted by atomic mass is 35.5. The van der Waals surface area contributed by atoms with E-state index in [4.69, 9.17) is 11.6 Å². The maximum Gasteiger partial charge on any atom is 0.161 e. The van der Waals surface area contributed by atoms with E-state index in [9.17, 15) is 5.11 Å². The van der Waals surface area contributed by atoms with E-state index in [0.29, 0.717) is 11.0 Å². The minimum Gasteiger partial charge on any atom is -0.508 e. The molecule has 0 unspecified atom stereocenters. The van der Waals surface area contributed by atoms with Gasteiger partial charge < -0.3 is 5.11 Å². The van der Waals surface area contributed by atoms with Gasteiger partial charge >= 0.3 is 0 Å². The van der Waals surface area contributed by atoms with Gasteiger partial charge in [0.25, 0.3) is 0 Å². The van der Waals surface area contributed by atoms with Crippen molar-refractivity contribution >= 4 is 11.6 Å². The molecule has 3 nitrogen and oxygen atoms in total. The molecule has 2 aromatic rings. The molecule has 0 saturated carbocycles. The summed E-state index contributed by atoms with van der Waals surface area (Å²) in [6.45, 7) is 1.85. The third-order valence-corrected chi connectivity index (χ3v) is 2.12. The van der Waals surface area contributed by atoms with Crippen LogP contribution < -0.4 is 0 Å². The van der Waals surface area contributed by atoms with Gasteiger partial charge in [0.2, 0.25) is 0 Å². The Hall–Kier alpha value is -1.61. The zero-order valence-corrected chi connectivity index (χ0v) is 8.86. The smallest absolute Gasteiger partial charge is 0.161 e. The number of aromatic nitrogens is 2. The summed E-state index contributed by atoms with van der Waals surface area (Å²) < 4.78 is 0. The minimum atomic E-state index is 0.189. The molecule has 0 aliphatic heterocycles. The van der Waals surface area contributed by atoms with Crippen molar-refractivity contribution in [3.05, 3.63) is 41.2 Å². The predicted molar refractivity (Wildman–Crippen MR) is 58.9 cm³/mol. The molecule has 0 aliphatic carbocycles. The molecule has 0 fully saturated rings. The number of aryl methyl sites for hydroxylation is 1. The lowest BCUT2D eigenvalue weighted by Crippen LogP contribution is -1.91. The van der Waals surface area contributed by atoms with Crippen LogP contribution in [0, 0.1) is 6.92 Å². The van der Waals surface area contributed by atoms with E-state index in [1.54, 1.807) is 24.3 Å². The largest absolute Gasteiger partial charge is 0.508 e. The van der Waals surface area contributed by atoms with Gasteiger partial charge in [-0.25, -0.2) is 9.97 Å². The number of hydrogen-bond acceptors (Lipinski definition) is 3. The molecule has 0 radical (unpaired) electrons. The van der Waals surface area contributed by atoms with Crippen LogP contribution in [0.5, 0.6) is 5.75 Å². The molecule has 1 aromatic carbocycles. The zero-order valence-electron chi connectivity index (χ0n) is 8.11. The zero-order chi connectivity index (χ0) is 10.8. The normalized spacial score (nSPS) is 10.3. The SMILES string of the molecule is Cc1cc(Cl)nc(-c2cccc(O)c2)n1. The average Bonchev–Trinajstić information content (AvgIpc) is 2.16. The van der Waals surface area contributed by atoms with Crippen LogP contribution in [0.4, 0.5) is 0 Å². The van der Waals surface area contributed by atoms with Gasteiger partial charge in [-0.3, -0.25) is 0 Å². The molecular weight excluding hydrogens is 212 g/mol. The van der Waals surface area contributed by atoms with Gasteiger partial charge in [-0.05, 0) is 25.1 Å². The van der Waals surface area contributed by atoms with Gasteiger partial charge in [-0.2, -0.15) is 0 Å². The summed E-state index contributed by atoms with van der Waals surface area (Å²) in [5.41, 5.74) is 1.55. The van der Waals surface area contributed by atoms with E-state index in [-0.39, 0.29) is 5.75 Å². The highest BCUT2D eigenvalue weighted by molar-refractivity contribution is 6.29. The second-order valence-corrected chi connectivity index (χ2v) is 3.59. The summed E-state index contributed by atoms with van der Waals surface area (Å²) in [4.78, 5) is 8.33. The summed E-state index contributed by atoms with van der Waals surface area (Å²) in [6.07, 6.45) is 0. The second-order valence-electron chi connectivity index (χ2n) is 3.21. The second kappa shape index (κ2) is 3.87. The van der Waals surface area contributed by atoms with Crippen LogP contribution in [-0.2, 0) is 0 Å². The Bertz CT molecular complexity index is 479. The number of nitrogens with zero attached hydrogens (tertiary/aromatic N) is 2. The van der Waals surface area contributed by atoms with Gasteiger partial charge in [0.1, 0.15) is 10.9 Å². The van der Waals surface area contributed by atoms with Crippen molar-refractivity contribution in [3.8, 4) is 17.1 Å². The van der Waals surface area contributed by atoms with Crippen molar-refractivity contribution in [2.24, 2.45) is 0 Å². The van der Waals surface area contributed by atoms with Crippen molar-refractivity contribution in [3.63, 3.8) is 0 Å². The molecule has 1 heterocycles. The molecule has 0 amide bonds. The maximum atomic E-state index is 9.32. The first-order valence-electron chi connectivity index (χ1n) is 4.46.